The summed E-state index contributed by atoms with van der Waals surface area (Å²) in [6.07, 6.45) is 6.76. The molecule has 1 aliphatic heterocycles. The Hall–Kier alpha value is -0.610. The molecule has 3 N–H and O–H groups in total. The van der Waals surface area contributed by atoms with Crippen molar-refractivity contribution in [2.75, 3.05) is 13.1 Å². The van der Waals surface area contributed by atoms with Gasteiger partial charge in [-0.05, 0) is 45.2 Å². The molecule has 1 unspecified atom stereocenters. The normalized spacial score (nSPS) is 20.2. The molecule has 0 aromatic rings. The van der Waals surface area contributed by atoms with Crippen LogP contribution in [0.25, 0.3) is 0 Å². The maximum atomic E-state index is 11.1. The SMILES string of the molecule is CCCC1CCN(C(C)CCC(=O)NN)CC1. The molecule has 0 bridgehead atoms. The fourth-order valence-corrected chi connectivity index (χ4v) is 2.69. The number of hydrazine groups is 1. The minimum Gasteiger partial charge on any atom is -0.301 e. The summed E-state index contributed by atoms with van der Waals surface area (Å²) >= 11 is 0. The summed E-state index contributed by atoms with van der Waals surface area (Å²) in [5.41, 5.74) is 2.19. The van der Waals surface area contributed by atoms with E-state index in [9.17, 15) is 4.79 Å². The molecule has 0 saturated carbocycles. The van der Waals surface area contributed by atoms with Gasteiger partial charge in [-0.1, -0.05) is 19.8 Å². The van der Waals surface area contributed by atoms with Gasteiger partial charge in [0.25, 0.3) is 0 Å². The van der Waals surface area contributed by atoms with Crippen molar-refractivity contribution in [3.63, 3.8) is 0 Å². The average molecular weight is 241 g/mol. The van der Waals surface area contributed by atoms with Crippen LogP contribution in [0, 0.1) is 5.92 Å². The second kappa shape index (κ2) is 7.67. The summed E-state index contributed by atoms with van der Waals surface area (Å²) in [5.74, 6) is 5.94. The highest BCUT2D eigenvalue weighted by molar-refractivity contribution is 5.75. The summed E-state index contributed by atoms with van der Waals surface area (Å²) in [4.78, 5) is 13.6. The number of amides is 1. The van der Waals surface area contributed by atoms with Gasteiger partial charge in [0.1, 0.15) is 0 Å². The van der Waals surface area contributed by atoms with Crippen molar-refractivity contribution >= 4 is 5.91 Å². The predicted octanol–water partition coefficient (Wildman–Crippen LogP) is 1.66. The van der Waals surface area contributed by atoms with Crippen LogP contribution in [0.3, 0.4) is 0 Å². The zero-order valence-electron chi connectivity index (χ0n) is 11.2. The van der Waals surface area contributed by atoms with Gasteiger partial charge in [-0.25, -0.2) is 5.84 Å². The van der Waals surface area contributed by atoms with E-state index in [1.807, 2.05) is 0 Å². The Bertz CT molecular complexity index is 225. The monoisotopic (exact) mass is 241 g/mol. The lowest BCUT2D eigenvalue weighted by molar-refractivity contribution is -0.121. The molecule has 1 aliphatic rings. The van der Waals surface area contributed by atoms with Crippen LogP contribution in [0.2, 0.25) is 0 Å². The first kappa shape index (κ1) is 14.5. The maximum Gasteiger partial charge on any atom is 0.233 e. The number of nitrogens with two attached hydrogens (primary N) is 1. The Morgan fingerprint density at radius 3 is 2.65 bits per heavy atom. The van der Waals surface area contributed by atoms with Crippen LogP contribution in [0.1, 0.15) is 52.4 Å². The molecule has 0 spiro atoms. The lowest BCUT2D eigenvalue weighted by Crippen LogP contribution is -2.40. The highest BCUT2D eigenvalue weighted by Crippen LogP contribution is 2.23. The van der Waals surface area contributed by atoms with Crippen LogP contribution in [-0.2, 0) is 4.79 Å². The Morgan fingerprint density at radius 2 is 2.12 bits per heavy atom. The average Bonchev–Trinajstić information content (AvgIpc) is 2.36. The zero-order valence-corrected chi connectivity index (χ0v) is 11.2. The fraction of sp³-hybridized carbons (Fsp3) is 0.923. The van der Waals surface area contributed by atoms with Gasteiger partial charge in [0.15, 0.2) is 0 Å². The third-order valence-electron chi connectivity index (χ3n) is 3.92. The van der Waals surface area contributed by atoms with Gasteiger partial charge >= 0.3 is 0 Å². The van der Waals surface area contributed by atoms with Crippen molar-refractivity contribution < 1.29 is 4.79 Å². The van der Waals surface area contributed by atoms with Crippen molar-refractivity contribution in [1.29, 1.82) is 0 Å². The Balaban J connectivity index is 2.21. The molecule has 1 heterocycles. The smallest absolute Gasteiger partial charge is 0.233 e. The van der Waals surface area contributed by atoms with Crippen LogP contribution in [0.15, 0.2) is 0 Å². The fourth-order valence-electron chi connectivity index (χ4n) is 2.69. The standard InChI is InChI=1S/C13H27N3O/c1-3-4-12-7-9-16(10-8-12)11(2)5-6-13(17)15-14/h11-12H,3-10,14H2,1-2H3,(H,15,17). The second-order valence-electron chi connectivity index (χ2n) is 5.22. The number of nitrogens with zero attached hydrogens (tertiary/aromatic N) is 1. The van der Waals surface area contributed by atoms with Gasteiger partial charge in [0, 0.05) is 12.5 Å². The number of rotatable bonds is 6. The van der Waals surface area contributed by atoms with E-state index in [-0.39, 0.29) is 5.91 Å². The number of hydrogen-bond donors (Lipinski definition) is 2. The minimum absolute atomic E-state index is 0.0577. The second-order valence-corrected chi connectivity index (χ2v) is 5.22. The van der Waals surface area contributed by atoms with Gasteiger partial charge in [-0.2, -0.15) is 0 Å². The molecular formula is C13H27N3O. The molecule has 1 saturated heterocycles. The first-order valence-electron chi connectivity index (χ1n) is 6.90. The summed E-state index contributed by atoms with van der Waals surface area (Å²) in [6.45, 7) is 6.86. The summed E-state index contributed by atoms with van der Waals surface area (Å²) in [5, 5.41) is 0. The molecule has 4 heteroatoms. The lowest BCUT2D eigenvalue weighted by atomic mass is 9.91. The molecule has 0 radical (unpaired) electrons. The van der Waals surface area contributed by atoms with E-state index in [1.165, 1.54) is 38.8 Å². The van der Waals surface area contributed by atoms with Crippen LogP contribution < -0.4 is 11.3 Å². The summed E-state index contributed by atoms with van der Waals surface area (Å²) in [7, 11) is 0. The van der Waals surface area contributed by atoms with Gasteiger partial charge in [-0.3, -0.25) is 10.2 Å². The number of nitrogens with one attached hydrogen (secondary N) is 1. The molecule has 17 heavy (non-hydrogen) atoms. The molecule has 1 atom stereocenters. The molecule has 0 aromatic heterocycles. The molecule has 4 nitrogen and oxygen atoms in total. The molecule has 100 valence electrons. The van der Waals surface area contributed by atoms with E-state index in [4.69, 9.17) is 5.84 Å². The Morgan fingerprint density at radius 1 is 1.47 bits per heavy atom. The number of carbonyl (C=O) groups excluding carboxylic acids is 1. The molecule has 1 amide bonds. The maximum absolute atomic E-state index is 11.1. The van der Waals surface area contributed by atoms with E-state index in [1.54, 1.807) is 0 Å². The van der Waals surface area contributed by atoms with E-state index >= 15 is 0 Å². The molecular weight excluding hydrogens is 214 g/mol. The third kappa shape index (κ3) is 5.04. The predicted molar refractivity (Wildman–Crippen MR) is 70.2 cm³/mol. The summed E-state index contributed by atoms with van der Waals surface area (Å²) < 4.78 is 0. The van der Waals surface area contributed by atoms with Gasteiger partial charge < -0.3 is 4.90 Å². The van der Waals surface area contributed by atoms with Crippen molar-refractivity contribution in [3.05, 3.63) is 0 Å². The van der Waals surface area contributed by atoms with Gasteiger partial charge in [-0.15, -0.1) is 0 Å². The molecule has 0 aliphatic carbocycles. The highest BCUT2D eigenvalue weighted by atomic mass is 16.2. The lowest BCUT2D eigenvalue weighted by Gasteiger charge is -2.36. The zero-order chi connectivity index (χ0) is 12.7. The molecule has 1 fully saturated rings. The largest absolute Gasteiger partial charge is 0.301 e. The van der Waals surface area contributed by atoms with Gasteiger partial charge in [0.2, 0.25) is 5.91 Å². The van der Waals surface area contributed by atoms with Gasteiger partial charge in [0.05, 0.1) is 0 Å². The quantitative estimate of drug-likeness (QED) is 0.422. The molecule has 0 aromatic carbocycles. The van der Waals surface area contributed by atoms with Crippen LogP contribution >= 0.6 is 0 Å². The minimum atomic E-state index is -0.0577. The Labute approximate surface area is 105 Å². The Kier molecular flexibility index (Phi) is 6.52. The topological polar surface area (TPSA) is 58.4 Å². The van der Waals surface area contributed by atoms with E-state index < -0.39 is 0 Å². The van der Waals surface area contributed by atoms with Crippen molar-refractivity contribution in [2.45, 2.75) is 58.4 Å². The van der Waals surface area contributed by atoms with Crippen molar-refractivity contribution in [1.82, 2.24) is 10.3 Å². The number of hydrogen-bond acceptors (Lipinski definition) is 3. The van der Waals surface area contributed by atoms with E-state index in [0.717, 1.165) is 12.3 Å². The molecule has 1 rings (SSSR count). The number of piperidine rings is 1. The first-order valence-corrected chi connectivity index (χ1v) is 6.90. The van der Waals surface area contributed by atoms with E-state index in [0.29, 0.717) is 12.5 Å². The van der Waals surface area contributed by atoms with Crippen molar-refractivity contribution in [3.8, 4) is 0 Å². The van der Waals surface area contributed by atoms with Crippen LogP contribution in [-0.4, -0.2) is 29.9 Å². The van der Waals surface area contributed by atoms with Crippen molar-refractivity contribution in [2.24, 2.45) is 11.8 Å². The number of carbonyl (C=O) groups is 1. The first-order chi connectivity index (χ1) is 8.17. The number of likely N-dealkylation sites (tertiary alicyclic amines) is 1. The third-order valence-corrected chi connectivity index (χ3v) is 3.92. The van der Waals surface area contributed by atoms with Crippen LogP contribution in [0.5, 0.6) is 0 Å². The van der Waals surface area contributed by atoms with E-state index in [2.05, 4.69) is 24.2 Å². The highest BCUT2D eigenvalue weighted by Gasteiger charge is 2.22. The summed E-state index contributed by atoms with van der Waals surface area (Å²) in [6, 6.07) is 0.495. The van der Waals surface area contributed by atoms with Crippen LogP contribution in [0.4, 0.5) is 0 Å².